The number of nitrogens with zero attached hydrogens (tertiary/aromatic N) is 1. The number of hydrogen-bond donors (Lipinski definition) is 1. The van der Waals surface area contributed by atoms with Crippen LogP contribution in [0.4, 0.5) is 0 Å². The summed E-state index contributed by atoms with van der Waals surface area (Å²) in [7, 11) is 0. The lowest BCUT2D eigenvalue weighted by atomic mass is 10.1. The van der Waals surface area contributed by atoms with Gasteiger partial charge in [0, 0.05) is 5.02 Å². The number of nitrogens with one attached hydrogen (secondary N) is 1. The van der Waals surface area contributed by atoms with Gasteiger partial charge < -0.3 is 10.1 Å². The number of carbonyl (C=O) groups is 2. The van der Waals surface area contributed by atoms with Gasteiger partial charge in [0.25, 0.3) is 5.91 Å². The van der Waals surface area contributed by atoms with E-state index in [1.54, 1.807) is 12.1 Å². The first-order valence-electron chi connectivity index (χ1n) is 8.20. The highest BCUT2D eigenvalue weighted by molar-refractivity contribution is 8.01. The molecule has 0 saturated heterocycles. The average molecular weight is 421 g/mol. The highest BCUT2D eigenvalue weighted by atomic mass is 35.5. The minimum absolute atomic E-state index is 0.111. The van der Waals surface area contributed by atoms with Gasteiger partial charge in [-0.05, 0) is 36.8 Å². The Bertz CT molecular complexity index is 911. The summed E-state index contributed by atoms with van der Waals surface area (Å²) in [5.74, 6) is -0.691. The molecule has 0 radical (unpaired) electrons. The summed E-state index contributed by atoms with van der Waals surface area (Å²) in [6.45, 7) is 1.54. The molecule has 0 saturated carbocycles. The molecule has 1 atom stereocenters. The number of rotatable bonds is 7. The van der Waals surface area contributed by atoms with Gasteiger partial charge in [-0.25, -0.2) is 4.98 Å². The van der Waals surface area contributed by atoms with Crippen molar-refractivity contribution in [1.82, 2.24) is 10.3 Å². The van der Waals surface area contributed by atoms with Gasteiger partial charge in [0.2, 0.25) is 0 Å². The molecule has 3 aromatic rings. The van der Waals surface area contributed by atoms with Gasteiger partial charge in [-0.3, -0.25) is 9.59 Å². The average Bonchev–Trinajstić information content (AvgIpc) is 3.08. The normalized spacial score (nSPS) is 11.9. The quantitative estimate of drug-likeness (QED) is 0.451. The fraction of sp³-hybridized carbons (Fsp3) is 0.211. The summed E-state index contributed by atoms with van der Waals surface area (Å²) < 4.78 is 6.91. The van der Waals surface area contributed by atoms with Crippen LogP contribution in [0.25, 0.3) is 10.2 Å². The Kier molecular flexibility index (Phi) is 6.71. The fourth-order valence-corrected chi connectivity index (χ4v) is 4.33. The van der Waals surface area contributed by atoms with Crippen LogP contribution in [-0.2, 0) is 14.3 Å². The predicted molar refractivity (Wildman–Crippen MR) is 109 cm³/mol. The van der Waals surface area contributed by atoms with Crippen LogP contribution in [0.1, 0.15) is 18.5 Å². The van der Waals surface area contributed by atoms with Crippen molar-refractivity contribution in [2.45, 2.75) is 17.3 Å². The van der Waals surface area contributed by atoms with Crippen LogP contribution in [0, 0.1) is 0 Å². The molecule has 140 valence electrons. The van der Waals surface area contributed by atoms with Gasteiger partial charge in [-0.2, -0.15) is 0 Å². The Morgan fingerprint density at radius 2 is 1.96 bits per heavy atom. The lowest BCUT2D eigenvalue weighted by Gasteiger charge is -2.14. The zero-order valence-electron chi connectivity index (χ0n) is 14.5. The van der Waals surface area contributed by atoms with Crippen LogP contribution >= 0.6 is 34.7 Å². The third-order valence-corrected chi connectivity index (χ3v) is 6.10. The Morgan fingerprint density at radius 3 is 2.70 bits per heavy atom. The molecule has 0 bridgehead atoms. The van der Waals surface area contributed by atoms with Crippen molar-refractivity contribution in [3.8, 4) is 0 Å². The number of hydrogen-bond acceptors (Lipinski definition) is 6. The molecule has 5 nitrogen and oxygen atoms in total. The molecule has 1 N–H and O–H groups in total. The van der Waals surface area contributed by atoms with E-state index in [2.05, 4.69) is 10.3 Å². The van der Waals surface area contributed by atoms with Gasteiger partial charge in [0.1, 0.15) is 0 Å². The lowest BCUT2D eigenvalue weighted by molar-refractivity contribution is -0.146. The van der Waals surface area contributed by atoms with Crippen molar-refractivity contribution in [2.24, 2.45) is 0 Å². The summed E-state index contributed by atoms with van der Waals surface area (Å²) in [4.78, 5) is 28.3. The number of ether oxygens (including phenoxy) is 1. The minimum Gasteiger partial charge on any atom is -0.455 e. The summed E-state index contributed by atoms with van der Waals surface area (Å²) in [5, 5.41) is 3.42. The number of thioether (sulfide) groups is 1. The number of benzene rings is 2. The first kappa shape index (κ1) is 19.7. The topological polar surface area (TPSA) is 68.3 Å². The van der Waals surface area contributed by atoms with E-state index in [9.17, 15) is 9.59 Å². The standard InChI is InChI=1S/C19H17ClN2O3S2/c1-12(13-6-8-14(20)9-7-13)21-17(23)10-25-18(24)11-26-19-22-15-4-2-3-5-16(15)27-19/h2-9,12H,10-11H2,1H3,(H,21,23). The Hall–Kier alpha value is -2.09. The molecule has 1 heterocycles. The van der Waals surface area contributed by atoms with E-state index in [1.807, 2.05) is 43.3 Å². The Labute approximate surface area is 170 Å². The third kappa shape index (κ3) is 5.69. The molecule has 27 heavy (non-hydrogen) atoms. The van der Waals surface area contributed by atoms with Crippen LogP contribution < -0.4 is 5.32 Å². The molecule has 0 aliphatic rings. The van der Waals surface area contributed by atoms with Crippen LogP contribution in [-0.4, -0.2) is 29.2 Å². The van der Waals surface area contributed by atoms with Crippen LogP contribution in [0.2, 0.25) is 5.02 Å². The van der Waals surface area contributed by atoms with Crippen LogP contribution in [0.5, 0.6) is 0 Å². The van der Waals surface area contributed by atoms with Crippen LogP contribution in [0.15, 0.2) is 52.9 Å². The minimum atomic E-state index is -0.450. The van der Waals surface area contributed by atoms with E-state index in [1.165, 1.54) is 23.1 Å². The summed E-state index contributed by atoms with van der Waals surface area (Å²) in [6, 6.07) is 14.8. The number of aromatic nitrogens is 1. The molecule has 0 aliphatic carbocycles. The van der Waals surface area contributed by atoms with Crippen LogP contribution in [0.3, 0.4) is 0 Å². The number of para-hydroxylation sites is 1. The van der Waals surface area contributed by atoms with Crippen molar-refractivity contribution in [3.05, 3.63) is 59.1 Å². The molecule has 1 amide bonds. The highest BCUT2D eigenvalue weighted by Gasteiger charge is 2.13. The molecule has 1 aromatic heterocycles. The second kappa shape index (κ2) is 9.21. The zero-order valence-corrected chi connectivity index (χ0v) is 16.9. The van der Waals surface area contributed by atoms with Gasteiger partial charge in [-0.1, -0.05) is 47.6 Å². The maximum Gasteiger partial charge on any atom is 0.316 e. The Morgan fingerprint density at radius 1 is 1.22 bits per heavy atom. The van der Waals surface area contributed by atoms with Crippen molar-refractivity contribution in [3.63, 3.8) is 0 Å². The molecule has 0 spiro atoms. The largest absolute Gasteiger partial charge is 0.455 e. The van der Waals surface area contributed by atoms with Crippen molar-refractivity contribution in [2.75, 3.05) is 12.4 Å². The predicted octanol–water partition coefficient (Wildman–Crippen LogP) is 4.46. The first-order valence-corrected chi connectivity index (χ1v) is 10.4. The molecule has 0 aliphatic heterocycles. The van der Waals surface area contributed by atoms with E-state index in [0.717, 1.165) is 20.1 Å². The van der Waals surface area contributed by atoms with E-state index in [0.29, 0.717) is 5.02 Å². The maximum absolute atomic E-state index is 12.0. The van der Waals surface area contributed by atoms with E-state index < -0.39 is 5.97 Å². The summed E-state index contributed by atoms with van der Waals surface area (Å²) in [6.07, 6.45) is 0. The third-order valence-electron chi connectivity index (χ3n) is 3.70. The zero-order chi connectivity index (χ0) is 19.2. The highest BCUT2D eigenvalue weighted by Crippen LogP contribution is 2.29. The van der Waals surface area contributed by atoms with E-state index in [4.69, 9.17) is 16.3 Å². The second-order valence-electron chi connectivity index (χ2n) is 5.74. The molecule has 8 heteroatoms. The first-order chi connectivity index (χ1) is 13.0. The fourth-order valence-electron chi connectivity index (χ4n) is 2.34. The van der Waals surface area contributed by atoms with Gasteiger partial charge in [0.05, 0.1) is 22.0 Å². The van der Waals surface area contributed by atoms with Crippen molar-refractivity contribution in [1.29, 1.82) is 0 Å². The molecule has 3 rings (SSSR count). The van der Waals surface area contributed by atoms with Crippen molar-refractivity contribution >= 4 is 56.8 Å². The summed E-state index contributed by atoms with van der Waals surface area (Å²) >= 11 is 8.69. The number of carbonyl (C=O) groups excluding carboxylic acids is 2. The van der Waals surface area contributed by atoms with E-state index >= 15 is 0 Å². The number of amides is 1. The molecule has 2 aromatic carbocycles. The number of esters is 1. The lowest BCUT2D eigenvalue weighted by Crippen LogP contribution is -2.31. The number of fused-ring (bicyclic) bond motifs is 1. The second-order valence-corrected chi connectivity index (χ2v) is 8.43. The SMILES string of the molecule is CC(NC(=O)COC(=O)CSc1nc2ccccc2s1)c1ccc(Cl)cc1. The Balaban J connectivity index is 1.41. The smallest absolute Gasteiger partial charge is 0.316 e. The molecule has 0 fully saturated rings. The molecule has 1 unspecified atom stereocenters. The van der Waals surface area contributed by atoms with Gasteiger partial charge in [-0.15, -0.1) is 11.3 Å². The van der Waals surface area contributed by atoms with Gasteiger partial charge in [0.15, 0.2) is 10.9 Å². The number of halogens is 1. The van der Waals surface area contributed by atoms with E-state index in [-0.39, 0.29) is 24.3 Å². The molecular formula is C19H17ClN2O3S2. The number of thiazole rings is 1. The monoisotopic (exact) mass is 420 g/mol. The summed E-state index contributed by atoms with van der Waals surface area (Å²) in [5.41, 5.74) is 1.83. The molecular weight excluding hydrogens is 404 g/mol. The van der Waals surface area contributed by atoms with Gasteiger partial charge >= 0.3 is 5.97 Å². The maximum atomic E-state index is 12.0. The van der Waals surface area contributed by atoms with Crippen molar-refractivity contribution < 1.29 is 14.3 Å².